The fourth-order valence-electron chi connectivity index (χ4n) is 4.69. The zero-order chi connectivity index (χ0) is 34.6. The Labute approximate surface area is 305 Å². The number of aromatic nitrogens is 3. The van der Waals surface area contributed by atoms with Gasteiger partial charge in [0.25, 0.3) is 5.91 Å². The molecule has 0 aliphatic heterocycles. The Morgan fingerprint density at radius 3 is 2.31 bits per heavy atom. The first-order chi connectivity index (χ1) is 22.8. The number of benzene rings is 3. The summed E-state index contributed by atoms with van der Waals surface area (Å²) in [6, 6.07) is 20.4. The first-order valence-corrected chi connectivity index (χ1v) is 17.4. The number of hydrogen-bond donors (Lipinski definition) is 3. The third-order valence-corrected chi connectivity index (χ3v) is 8.91. The van der Waals surface area contributed by atoms with E-state index >= 15 is 0 Å². The zero-order valence-electron chi connectivity index (χ0n) is 26.2. The normalized spacial score (nSPS) is 11.4. The highest BCUT2D eigenvalue weighted by molar-refractivity contribution is 9.10. The lowest BCUT2D eigenvalue weighted by molar-refractivity contribution is 0.102. The lowest BCUT2D eigenvalue weighted by atomic mass is 10.1. The van der Waals surface area contributed by atoms with Crippen molar-refractivity contribution in [3.05, 3.63) is 99.9 Å². The van der Waals surface area contributed by atoms with Gasteiger partial charge in [-0.25, -0.2) is 19.7 Å². The maximum absolute atomic E-state index is 13.6. The Morgan fingerprint density at radius 2 is 1.65 bits per heavy atom. The van der Waals surface area contributed by atoms with Crippen LogP contribution in [-0.2, 0) is 4.74 Å². The molecule has 0 saturated heterocycles. The summed E-state index contributed by atoms with van der Waals surface area (Å²) in [6.45, 7) is 7.67. The van der Waals surface area contributed by atoms with Crippen molar-refractivity contribution in [2.75, 3.05) is 22.6 Å². The molecule has 248 valence electrons. The molecule has 0 unspecified atom stereocenters. The van der Waals surface area contributed by atoms with E-state index in [0.717, 1.165) is 42.2 Å². The van der Waals surface area contributed by atoms with E-state index in [0.29, 0.717) is 28.4 Å². The van der Waals surface area contributed by atoms with Gasteiger partial charge in [0.2, 0.25) is 3.79 Å². The summed E-state index contributed by atoms with van der Waals surface area (Å²) in [5.41, 5.74) is 5.75. The van der Waals surface area contributed by atoms with Gasteiger partial charge in [-0.1, -0.05) is 76.3 Å². The highest BCUT2D eigenvalue weighted by Gasteiger charge is 2.22. The summed E-state index contributed by atoms with van der Waals surface area (Å²) in [6.07, 6.45) is 0.719. The van der Waals surface area contributed by atoms with Crippen LogP contribution in [0.4, 0.5) is 27.7 Å². The van der Waals surface area contributed by atoms with Gasteiger partial charge < -0.3 is 15.4 Å². The predicted molar refractivity (Wildman–Crippen MR) is 199 cm³/mol. The molecule has 3 N–H and O–H groups in total. The van der Waals surface area contributed by atoms with Crippen LogP contribution >= 0.6 is 62.5 Å². The van der Waals surface area contributed by atoms with Gasteiger partial charge in [0.15, 0.2) is 5.65 Å². The van der Waals surface area contributed by atoms with Crippen LogP contribution < -0.4 is 16.0 Å². The molecule has 0 aliphatic carbocycles. The topological polar surface area (TPSA) is 118 Å². The van der Waals surface area contributed by atoms with Crippen molar-refractivity contribution in [1.29, 1.82) is 0 Å². The molecule has 0 spiro atoms. The quantitative estimate of drug-likeness (QED) is 0.126. The molecular formula is C34H30BrCl3N6O3S. The van der Waals surface area contributed by atoms with Crippen LogP contribution in [0.15, 0.2) is 87.3 Å². The van der Waals surface area contributed by atoms with Crippen molar-refractivity contribution in [3.8, 4) is 0 Å². The number of fused-ring (bicyclic) bond motifs is 1. The zero-order valence-corrected chi connectivity index (χ0v) is 30.9. The molecular weight excluding hydrogens is 759 g/mol. The molecule has 0 saturated carbocycles. The van der Waals surface area contributed by atoms with Gasteiger partial charge in [0, 0.05) is 36.9 Å². The number of hydrogen-bond acceptors (Lipinski definition) is 8. The molecule has 0 fully saturated rings. The molecule has 0 bridgehead atoms. The Morgan fingerprint density at radius 1 is 0.938 bits per heavy atom. The van der Waals surface area contributed by atoms with Gasteiger partial charge >= 0.3 is 6.09 Å². The number of alkyl halides is 3. The summed E-state index contributed by atoms with van der Waals surface area (Å²) < 4.78 is 4.17. The van der Waals surface area contributed by atoms with Crippen molar-refractivity contribution in [3.63, 3.8) is 0 Å². The Bertz CT molecular complexity index is 1970. The number of anilines is 4. The average molecular weight is 789 g/mol. The molecule has 2 aromatic heterocycles. The van der Waals surface area contributed by atoms with E-state index in [4.69, 9.17) is 44.5 Å². The van der Waals surface area contributed by atoms with E-state index in [-0.39, 0.29) is 18.4 Å². The van der Waals surface area contributed by atoms with Gasteiger partial charge in [0.1, 0.15) is 18.8 Å². The highest BCUT2D eigenvalue weighted by Crippen LogP contribution is 2.37. The lowest BCUT2D eigenvalue weighted by Gasteiger charge is -2.16. The molecule has 0 atom stereocenters. The number of nitrogens with zero attached hydrogens (tertiary/aromatic N) is 3. The smallest absolute Gasteiger partial charge is 0.411 e. The standard InChI is InChI=1S/C34H30BrCl3N6O3S/c1-18(2)26-11-10-25-30(42-26)39-17-40-31(25)43-27-15-21(32(45)44-29-19(3)13-22(35)14-20(29)4)5-12-28(27)48-24-8-6-23(7-9-24)41-33(46)47-16-34(36,37)38/h5-15,17-18H,16H2,1-4H3,(H,41,46)(H,44,45)(H,39,40,42,43). The van der Waals surface area contributed by atoms with Crippen molar-refractivity contribution < 1.29 is 14.3 Å². The van der Waals surface area contributed by atoms with E-state index in [1.54, 1.807) is 24.3 Å². The van der Waals surface area contributed by atoms with Crippen molar-refractivity contribution in [2.24, 2.45) is 0 Å². The van der Waals surface area contributed by atoms with E-state index < -0.39 is 9.89 Å². The molecule has 5 aromatic rings. The molecule has 5 rings (SSSR count). The minimum atomic E-state index is -1.71. The summed E-state index contributed by atoms with van der Waals surface area (Å²) in [7, 11) is 0. The van der Waals surface area contributed by atoms with Crippen molar-refractivity contribution in [2.45, 2.75) is 47.2 Å². The fourth-order valence-corrected chi connectivity index (χ4v) is 6.42. The number of aryl methyl sites for hydroxylation is 2. The molecule has 0 aliphatic rings. The van der Waals surface area contributed by atoms with Crippen LogP contribution in [0, 0.1) is 13.8 Å². The number of amides is 2. The van der Waals surface area contributed by atoms with E-state index in [1.807, 2.05) is 56.3 Å². The number of ether oxygens (including phenoxy) is 1. The van der Waals surface area contributed by atoms with E-state index in [1.165, 1.54) is 18.1 Å². The summed E-state index contributed by atoms with van der Waals surface area (Å²) in [4.78, 5) is 40.9. The highest BCUT2D eigenvalue weighted by atomic mass is 79.9. The SMILES string of the molecule is Cc1cc(Br)cc(C)c1NC(=O)c1ccc(Sc2ccc(NC(=O)OCC(Cl)(Cl)Cl)cc2)c(Nc2ncnc3nc(C(C)C)ccc23)c1. The number of rotatable bonds is 9. The largest absolute Gasteiger partial charge is 0.445 e. The molecule has 9 nitrogen and oxygen atoms in total. The first-order valence-electron chi connectivity index (χ1n) is 14.6. The third-order valence-electron chi connectivity index (χ3n) is 7.04. The molecule has 2 heterocycles. The van der Waals surface area contributed by atoms with Crippen LogP contribution in [0.25, 0.3) is 11.0 Å². The second kappa shape index (κ2) is 15.3. The second-order valence-corrected chi connectivity index (χ2v) is 15.7. The number of carbonyl (C=O) groups excluding carboxylic acids is 2. The van der Waals surface area contributed by atoms with Crippen LogP contribution in [-0.4, -0.2) is 37.4 Å². The van der Waals surface area contributed by atoms with E-state index in [9.17, 15) is 9.59 Å². The van der Waals surface area contributed by atoms with Crippen LogP contribution in [0.1, 0.15) is 46.9 Å². The summed E-state index contributed by atoms with van der Waals surface area (Å²) in [5, 5.41) is 9.85. The van der Waals surface area contributed by atoms with Crippen LogP contribution in [0.5, 0.6) is 0 Å². The van der Waals surface area contributed by atoms with Crippen molar-refractivity contribution >= 4 is 108 Å². The van der Waals surface area contributed by atoms with Crippen LogP contribution in [0.2, 0.25) is 0 Å². The average Bonchev–Trinajstić information content (AvgIpc) is 3.03. The molecule has 2 amide bonds. The first kappa shape index (κ1) is 35.7. The minimum Gasteiger partial charge on any atom is -0.445 e. The third kappa shape index (κ3) is 9.29. The Hall–Kier alpha value is -3.61. The minimum absolute atomic E-state index is 0.241. The molecule has 3 aromatic carbocycles. The van der Waals surface area contributed by atoms with Crippen molar-refractivity contribution in [1.82, 2.24) is 15.0 Å². The second-order valence-electron chi connectivity index (χ2n) is 11.1. The summed E-state index contributed by atoms with van der Waals surface area (Å²) >= 11 is 21.9. The summed E-state index contributed by atoms with van der Waals surface area (Å²) in [5.74, 6) is 0.538. The maximum atomic E-state index is 13.6. The van der Waals surface area contributed by atoms with Gasteiger partial charge in [-0.15, -0.1) is 0 Å². The predicted octanol–water partition coefficient (Wildman–Crippen LogP) is 10.6. The number of halogens is 4. The van der Waals surface area contributed by atoms with Gasteiger partial charge in [0.05, 0.1) is 11.1 Å². The number of pyridine rings is 1. The van der Waals surface area contributed by atoms with Crippen LogP contribution in [0.3, 0.4) is 0 Å². The van der Waals surface area contributed by atoms with Gasteiger partial charge in [-0.2, -0.15) is 0 Å². The lowest BCUT2D eigenvalue weighted by Crippen LogP contribution is -2.21. The Kier molecular flexibility index (Phi) is 11.4. The van der Waals surface area contributed by atoms with E-state index in [2.05, 4.69) is 55.7 Å². The number of carbonyl (C=O) groups is 2. The van der Waals surface area contributed by atoms with Gasteiger partial charge in [-0.05, 0) is 97.6 Å². The number of nitrogens with one attached hydrogen (secondary N) is 3. The molecule has 14 heteroatoms. The monoisotopic (exact) mass is 786 g/mol. The maximum Gasteiger partial charge on any atom is 0.411 e. The fraction of sp³-hybridized carbons (Fsp3) is 0.206. The molecule has 48 heavy (non-hydrogen) atoms. The molecule has 0 radical (unpaired) electrons. The Balaban J connectivity index is 1.44. The van der Waals surface area contributed by atoms with Gasteiger partial charge in [-0.3, -0.25) is 10.1 Å².